The summed E-state index contributed by atoms with van der Waals surface area (Å²) in [5.74, 6) is 0.420. The van der Waals surface area contributed by atoms with E-state index in [1.165, 1.54) is 0 Å². The van der Waals surface area contributed by atoms with Gasteiger partial charge in [-0.1, -0.05) is 0 Å². The number of hydrogen-bond donors (Lipinski definition) is 0. The second-order valence-corrected chi connectivity index (χ2v) is 8.72. The number of nitrogens with zero attached hydrogens (tertiary/aromatic N) is 9. The molecule has 0 aromatic carbocycles. The first-order valence-corrected chi connectivity index (χ1v) is 11.1. The zero-order chi connectivity index (χ0) is 23.6. The van der Waals surface area contributed by atoms with Crippen molar-refractivity contribution in [1.82, 2.24) is 34.6 Å². The van der Waals surface area contributed by atoms with Crippen LogP contribution in [0.4, 0.5) is 30.5 Å². The van der Waals surface area contributed by atoms with Gasteiger partial charge in [0.15, 0.2) is 11.5 Å². The molecule has 2 aliphatic rings. The molecule has 12 heteroatoms. The SMILES string of the molecule is Cc1c(N2CCc3ncc(N4CCCn5nccc54)cc3C2)nn2c(C(F)(F)F)nnc2c1C. The first-order valence-electron chi connectivity index (χ1n) is 11.1. The van der Waals surface area contributed by atoms with Crippen LogP contribution >= 0.6 is 0 Å². The highest BCUT2D eigenvalue weighted by Crippen LogP contribution is 2.34. The summed E-state index contributed by atoms with van der Waals surface area (Å²) in [6.07, 6.45) is 0.721. The molecule has 0 spiro atoms. The third kappa shape index (κ3) is 3.19. The van der Waals surface area contributed by atoms with Crippen molar-refractivity contribution in [2.75, 3.05) is 22.9 Å². The monoisotopic (exact) mass is 469 g/mol. The lowest BCUT2D eigenvalue weighted by Gasteiger charge is -2.33. The lowest BCUT2D eigenvalue weighted by molar-refractivity contribution is -0.146. The summed E-state index contributed by atoms with van der Waals surface area (Å²) in [6, 6.07) is 4.12. The first-order chi connectivity index (χ1) is 16.3. The number of alkyl halides is 3. The van der Waals surface area contributed by atoms with Gasteiger partial charge in [-0.25, -0.2) is 4.68 Å². The number of fused-ring (bicyclic) bond motifs is 3. The molecule has 0 saturated carbocycles. The molecule has 6 heterocycles. The molecular formula is C22H22F3N9. The average molecular weight is 469 g/mol. The fraction of sp³-hybridized carbons (Fsp3) is 0.409. The van der Waals surface area contributed by atoms with Gasteiger partial charge in [0, 0.05) is 55.5 Å². The van der Waals surface area contributed by atoms with Crippen LogP contribution < -0.4 is 9.80 Å². The Labute approximate surface area is 192 Å². The van der Waals surface area contributed by atoms with Gasteiger partial charge >= 0.3 is 6.18 Å². The maximum Gasteiger partial charge on any atom is 0.453 e. The van der Waals surface area contributed by atoms with E-state index in [4.69, 9.17) is 4.98 Å². The summed E-state index contributed by atoms with van der Waals surface area (Å²) in [5.41, 5.74) is 4.57. The second kappa shape index (κ2) is 7.40. The highest BCUT2D eigenvalue weighted by Gasteiger charge is 2.38. The Morgan fingerprint density at radius 1 is 1.03 bits per heavy atom. The third-order valence-corrected chi connectivity index (χ3v) is 6.68. The van der Waals surface area contributed by atoms with Crippen LogP contribution in [0, 0.1) is 13.8 Å². The summed E-state index contributed by atoms with van der Waals surface area (Å²) in [6.45, 7) is 6.49. The van der Waals surface area contributed by atoms with Crippen molar-refractivity contribution in [3.8, 4) is 0 Å². The molecule has 0 fully saturated rings. The Morgan fingerprint density at radius 2 is 1.88 bits per heavy atom. The predicted molar refractivity (Wildman–Crippen MR) is 118 cm³/mol. The molecule has 0 bridgehead atoms. The van der Waals surface area contributed by atoms with Crippen LogP contribution in [-0.2, 0) is 25.7 Å². The molecule has 0 radical (unpaired) electrons. The van der Waals surface area contributed by atoms with Crippen LogP contribution in [0.2, 0.25) is 0 Å². The standard InChI is InChI=1S/C22H22F3N9/c1-13-14(2)20(30-34-19(13)28-29-21(34)22(23,24)25)31-9-5-17-15(12-31)10-16(11-26-17)32-7-3-8-33-18(32)4-6-27-33/h4,6,10-11H,3,5,7-9,12H2,1-2H3. The van der Waals surface area contributed by atoms with Gasteiger partial charge in [0.05, 0.1) is 18.1 Å². The number of halogens is 3. The summed E-state index contributed by atoms with van der Waals surface area (Å²) < 4.78 is 43.2. The molecule has 176 valence electrons. The fourth-order valence-electron chi connectivity index (χ4n) is 4.81. The molecule has 6 rings (SSSR count). The van der Waals surface area contributed by atoms with E-state index >= 15 is 0 Å². The van der Waals surface area contributed by atoms with Gasteiger partial charge in [-0.3, -0.25) is 4.98 Å². The van der Waals surface area contributed by atoms with Crippen LogP contribution in [0.15, 0.2) is 24.5 Å². The molecule has 4 aromatic rings. The van der Waals surface area contributed by atoms with Crippen LogP contribution in [0.3, 0.4) is 0 Å². The molecule has 0 N–H and O–H groups in total. The van der Waals surface area contributed by atoms with Crippen molar-refractivity contribution in [2.45, 2.75) is 46.0 Å². The highest BCUT2D eigenvalue weighted by atomic mass is 19.4. The van der Waals surface area contributed by atoms with E-state index in [2.05, 4.69) is 31.4 Å². The Balaban J connectivity index is 1.37. The van der Waals surface area contributed by atoms with Crippen molar-refractivity contribution in [2.24, 2.45) is 0 Å². The number of hydrogen-bond acceptors (Lipinski definition) is 7. The van der Waals surface area contributed by atoms with E-state index in [1.807, 2.05) is 28.8 Å². The number of aromatic nitrogens is 7. The van der Waals surface area contributed by atoms with Crippen LogP contribution in [0.25, 0.3) is 5.65 Å². The topological polar surface area (TPSA) is 80.3 Å². The summed E-state index contributed by atoms with van der Waals surface area (Å²) in [4.78, 5) is 8.93. The summed E-state index contributed by atoms with van der Waals surface area (Å²) in [5, 5.41) is 15.8. The third-order valence-electron chi connectivity index (χ3n) is 6.68. The quantitative estimate of drug-likeness (QED) is 0.445. The smallest absolute Gasteiger partial charge is 0.350 e. The minimum atomic E-state index is -4.64. The molecule has 4 aromatic heterocycles. The van der Waals surface area contributed by atoms with Gasteiger partial charge in [0.25, 0.3) is 5.82 Å². The fourth-order valence-corrected chi connectivity index (χ4v) is 4.81. The van der Waals surface area contributed by atoms with E-state index in [-0.39, 0.29) is 5.65 Å². The average Bonchev–Trinajstić information content (AvgIpc) is 3.47. The largest absolute Gasteiger partial charge is 0.453 e. The molecule has 9 nitrogen and oxygen atoms in total. The second-order valence-electron chi connectivity index (χ2n) is 8.72. The van der Waals surface area contributed by atoms with Crippen molar-refractivity contribution >= 4 is 23.0 Å². The van der Waals surface area contributed by atoms with Crippen molar-refractivity contribution in [3.05, 3.63) is 52.7 Å². The lowest BCUT2D eigenvalue weighted by Crippen LogP contribution is -2.34. The number of aryl methyl sites for hydroxylation is 2. The van der Waals surface area contributed by atoms with Crippen LogP contribution in [0.5, 0.6) is 0 Å². The predicted octanol–water partition coefficient (Wildman–Crippen LogP) is 3.46. The zero-order valence-electron chi connectivity index (χ0n) is 18.7. The van der Waals surface area contributed by atoms with Crippen LogP contribution in [0.1, 0.15) is 34.6 Å². The molecule has 0 amide bonds. The Hall–Kier alpha value is -3.70. The van der Waals surface area contributed by atoms with E-state index < -0.39 is 12.0 Å². The van der Waals surface area contributed by atoms with Crippen molar-refractivity contribution in [3.63, 3.8) is 0 Å². The maximum absolute atomic E-state index is 13.5. The number of anilines is 3. The molecule has 0 unspecified atom stereocenters. The van der Waals surface area contributed by atoms with Gasteiger partial charge in [-0.2, -0.15) is 22.8 Å². The summed E-state index contributed by atoms with van der Waals surface area (Å²) in [7, 11) is 0. The van der Waals surface area contributed by atoms with Gasteiger partial charge in [0.1, 0.15) is 5.82 Å². The molecule has 0 saturated heterocycles. The number of rotatable bonds is 2. The Kier molecular flexibility index (Phi) is 4.55. The van der Waals surface area contributed by atoms with Crippen LogP contribution in [-0.4, -0.2) is 47.7 Å². The van der Waals surface area contributed by atoms with Crippen molar-refractivity contribution < 1.29 is 13.2 Å². The first kappa shape index (κ1) is 20.9. The normalized spacial score (nSPS) is 16.1. The molecule has 0 aliphatic carbocycles. The van der Waals surface area contributed by atoms with Gasteiger partial charge < -0.3 is 9.80 Å². The molecule has 34 heavy (non-hydrogen) atoms. The lowest BCUT2D eigenvalue weighted by atomic mass is 10.0. The van der Waals surface area contributed by atoms with E-state index in [9.17, 15) is 13.2 Å². The van der Waals surface area contributed by atoms with E-state index in [0.29, 0.717) is 30.9 Å². The number of pyridine rings is 1. The van der Waals surface area contributed by atoms with Crippen molar-refractivity contribution in [1.29, 1.82) is 0 Å². The van der Waals surface area contributed by atoms with Gasteiger partial charge in [-0.05, 0) is 31.9 Å². The Morgan fingerprint density at radius 3 is 2.71 bits per heavy atom. The van der Waals surface area contributed by atoms with E-state index in [1.54, 1.807) is 13.1 Å². The Bertz CT molecular complexity index is 1400. The zero-order valence-corrected chi connectivity index (χ0v) is 18.7. The maximum atomic E-state index is 13.5. The minimum Gasteiger partial charge on any atom is -0.350 e. The molecular weight excluding hydrogens is 447 g/mol. The molecule has 2 aliphatic heterocycles. The van der Waals surface area contributed by atoms with Gasteiger partial charge in [0.2, 0.25) is 0 Å². The summed E-state index contributed by atoms with van der Waals surface area (Å²) >= 11 is 0. The molecule has 0 atom stereocenters. The van der Waals surface area contributed by atoms with E-state index in [0.717, 1.165) is 52.4 Å². The van der Waals surface area contributed by atoms with Gasteiger partial charge in [-0.15, -0.1) is 15.3 Å². The minimum absolute atomic E-state index is 0.122. The highest BCUT2D eigenvalue weighted by molar-refractivity contribution is 5.63.